The van der Waals surface area contributed by atoms with Gasteiger partial charge in [-0.2, -0.15) is 0 Å². The summed E-state index contributed by atoms with van der Waals surface area (Å²) in [6, 6.07) is 7.23. The molecule has 1 amide bonds. The van der Waals surface area contributed by atoms with E-state index in [0.29, 0.717) is 23.6 Å². The van der Waals surface area contributed by atoms with Crippen LogP contribution in [0.2, 0.25) is 0 Å². The molecule has 0 radical (unpaired) electrons. The minimum atomic E-state index is -0.817. The number of aliphatic carboxylic acids is 1. The standard InChI is InChI=1S/C17H20N2O4S/c1-11-15(12(2)23-19-11)9-24-10-16(20)18-14-6-3-13(4-7-14)5-8-17(21)22/h3-4,6-7H,5,8-10H2,1-2H3,(H,18,20)(H,21,22). The Labute approximate surface area is 144 Å². The fraction of sp³-hybridized carbons (Fsp3) is 0.353. The molecule has 1 heterocycles. The number of aromatic nitrogens is 1. The van der Waals surface area contributed by atoms with Crippen molar-refractivity contribution in [2.75, 3.05) is 11.1 Å². The van der Waals surface area contributed by atoms with Crippen molar-refractivity contribution in [1.82, 2.24) is 5.16 Å². The number of hydrogen-bond donors (Lipinski definition) is 2. The van der Waals surface area contributed by atoms with Gasteiger partial charge in [0.05, 0.1) is 11.4 Å². The molecule has 0 saturated carbocycles. The molecule has 2 N–H and O–H groups in total. The van der Waals surface area contributed by atoms with Crippen LogP contribution in [0.1, 0.15) is 29.0 Å². The van der Waals surface area contributed by atoms with E-state index < -0.39 is 5.97 Å². The van der Waals surface area contributed by atoms with Crippen molar-refractivity contribution in [3.63, 3.8) is 0 Å². The molecule has 0 unspecified atom stereocenters. The fourth-order valence-corrected chi connectivity index (χ4v) is 3.13. The molecule has 0 fully saturated rings. The third kappa shape index (κ3) is 5.42. The summed E-state index contributed by atoms with van der Waals surface area (Å²) < 4.78 is 5.09. The summed E-state index contributed by atoms with van der Waals surface area (Å²) in [7, 11) is 0. The highest BCUT2D eigenvalue weighted by molar-refractivity contribution is 7.99. The first-order valence-corrected chi connectivity index (χ1v) is 8.71. The van der Waals surface area contributed by atoms with Crippen LogP contribution in [0.4, 0.5) is 5.69 Å². The summed E-state index contributed by atoms with van der Waals surface area (Å²) in [6.07, 6.45) is 0.584. The van der Waals surface area contributed by atoms with Crippen LogP contribution in [-0.4, -0.2) is 27.9 Å². The summed E-state index contributed by atoms with van der Waals surface area (Å²) >= 11 is 1.50. The molecule has 2 rings (SSSR count). The monoisotopic (exact) mass is 348 g/mol. The number of carbonyl (C=O) groups excluding carboxylic acids is 1. The molecule has 128 valence electrons. The molecule has 0 spiro atoms. The van der Waals surface area contributed by atoms with Crippen molar-refractivity contribution in [1.29, 1.82) is 0 Å². The molecule has 2 aromatic rings. The van der Waals surface area contributed by atoms with E-state index in [0.717, 1.165) is 22.6 Å². The first-order chi connectivity index (χ1) is 11.5. The van der Waals surface area contributed by atoms with Gasteiger partial charge in [0.1, 0.15) is 5.76 Å². The fourth-order valence-electron chi connectivity index (χ4n) is 2.16. The lowest BCUT2D eigenvalue weighted by Crippen LogP contribution is -2.14. The lowest BCUT2D eigenvalue weighted by molar-refractivity contribution is -0.137. The number of anilines is 1. The Morgan fingerprint density at radius 3 is 2.54 bits per heavy atom. The van der Waals surface area contributed by atoms with E-state index in [2.05, 4.69) is 10.5 Å². The molecule has 0 aliphatic heterocycles. The van der Waals surface area contributed by atoms with Crippen molar-refractivity contribution < 1.29 is 19.2 Å². The number of nitrogens with one attached hydrogen (secondary N) is 1. The van der Waals surface area contributed by atoms with Gasteiger partial charge in [0.25, 0.3) is 0 Å². The van der Waals surface area contributed by atoms with Gasteiger partial charge in [-0.3, -0.25) is 9.59 Å². The minimum absolute atomic E-state index is 0.0787. The number of thioether (sulfide) groups is 1. The Balaban J connectivity index is 1.77. The Hall–Kier alpha value is -2.28. The van der Waals surface area contributed by atoms with Gasteiger partial charge in [-0.1, -0.05) is 17.3 Å². The normalized spacial score (nSPS) is 10.6. The maximum Gasteiger partial charge on any atom is 0.303 e. The molecule has 0 atom stereocenters. The molecule has 0 aliphatic carbocycles. The Morgan fingerprint density at radius 1 is 1.25 bits per heavy atom. The SMILES string of the molecule is Cc1noc(C)c1CSCC(=O)Nc1ccc(CCC(=O)O)cc1. The molecule has 1 aromatic carbocycles. The maximum absolute atomic E-state index is 12.0. The second-order valence-electron chi connectivity index (χ2n) is 5.43. The number of benzene rings is 1. The molecular formula is C17H20N2O4S. The largest absolute Gasteiger partial charge is 0.481 e. The third-order valence-electron chi connectivity index (χ3n) is 3.53. The highest BCUT2D eigenvalue weighted by Crippen LogP contribution is 2.19. The average Bonchev–Trinajstić information content (AvgIpc) is 2.86. The van der Waals surface area contributed by atoms with E-state index in [9.17, 15) is 9.59 Å². The molecular weight excluding hydrogens is 328 g/mol. The van der Waals surface area contributed by atoms with Crippen LogP contribution in [0.5, 0.6) is 0 Å². The number of amides is 1. The maximum atomic E-state index is 12.0. The topological polar surface area (TPSA) is 92.4 Å². The predicted molar refractivity (Wildman–Crippen MR) is 93.2 cm³/mol. The number of carboxylic acids is 1. The van der Waals surface area contributed by atoms with Crippen LogP contribution < -0.4 is 5.32 Å². The Bertz CT molecular complexity index is 690. The average molecular weight is 348 g/mol. The molecule has 1 aromatic heterocycles. The van der Waals surface area contributed by atoms with Crippen LogP contribution >= 0.6 is 11.8 Å². The molecule has 0 saturated heterocycles. The van der Waals surface area contributed by atoms with Gasteiger partial charge in [0, 0.05) is 23.4 Å². The quantitative estimate of drug-likeness (QED) is 0.761. The van der Waals surface area contributed by atoms with E-state index in [1.165, 1.54) is 11.8 Å². The minimum Gasteiger partial charge on any atom is -0.481 e. The van der Waals surface area contributed by atoms with Crippen molar-refractivity contribution >= 4 is 29.3 Å². The van der Waals surface area contributed by atoms with Gasteiger partial charge in [-0.15, -0.1) is 11.8 Å². The van der Waals surface area contributed by atoms with Crippen LogP contribution in [0.25, 0.3) is 0 Å². The van der Waals surface area contributed by atoms with Gasteiger partial charge >= 0.3 is 5.97 Å². The lowest BCUT2D eigenvalue weighted by atomic mass is 10.1. The molecule has 6 nitrogen and oxygen atoms in total. The zero-order valence-electron chi connectivity index (χ0n) is 13.7. The third-order valence-corrected chi connectivity index (χ3v) is 4.49. The van der Waals surface area contributed by atoms with Gasteiger partial charge < -0.3 is 14.9 Å². The summed E-state index contributed by atoms with van der Waals surface area (Å²) in [5.74, 6) is 0.915. The van der Waals surface area contributed by atoms with Crippen LogP contribution in [0, 0.1) is 13.8 Å². The van der Waals surface area contributed by atoms with Gasteiger partial charge in [0.15, 0.2) is 0 Å². The first kappa shape index (κ1) is 18.1. The highest BCUT2D eigenvalue weighted by Gasteiger charge is 2.10. The van der Waals surface area contributed by atoms with Crippen molar-refractivity contribution in [2.45, 2.75) is 32.4 Å². The van der Waals surface area contributed by atoms with E-state index in [4.69, 9.17) is 9.63 Å². The van der Waals surface area contributed by atoms with E-state index >= 15 is 0 Å². The first-order valence-electron chi connectivity index (χ1n) is 7.56. The van der Waals surface area contributed by atoms with E-state index in [1.807, 2.05) is 26.0 Å². The lowest BCUT2D eigenvalue weighted by Gasteiger charge is -2.06. The van der Waals surface area contributed by atoms with E-state index in [1.54, 1.807) is 12.1 Å². The summed E-state index contributed by atoms with van der Waals surface area (Å²) in [4.78, 5) is 22.5. The Kier molecular flexibility index (Phi) is 6.43. The number of rotatable bonds is 8. The molecule has 7 heteroatoms. The highest BCUT2D eigenvalue weighted by atomic mass is 32.2. The second kappa shape index (κ2) is 8.54. The summed E-state index contributed by atoms with van der Waals surface area (Å²) in [5, 5.41) is 15.4. The predicted octanol–water partition coefficient (Wildman–Crippen LogP) is 3.18. The second-order valence-corrected chi connectivity index (χ2v) is 6.42. The van der Waals surface area contributed by atoms with Crippen molar-refractivity contribution in [3.05, 3.63) is 46.8 Å². The number of aryl methyl sites for hydroxylation is 3. The van der Waals surface area contributed by atoms with Crippen LogP contribution in [-0.2, 0) is 21.8 Å². The van der Waals surface area contributed by atoms with Gasteiger partial charge in [-0.05, 0) is 38.0 Å². The van der Waals surface area contributed by atoms with Gasteiger partial charge in [-0.25, -0.2) is 0 Å². The molecule has 0 aliphatic rings. The Morgan fingerprint density at radius 2 is 1.96 bits per heavy atom. The number of nitrogens with zero attached hydrogens (tertiary/aromatic N) is 1. The van der Waals surface area contributed by atoms with Crippen molar-refractivity contribution in [3.8, 4) is 0 Å². The summed E-state index contributed by atoms with van der Waals surface area (Å²) in [5.41, 5.74) is 3.54. The summed E-state index contributed by atoms with van der Waals surface area (Å²) in [6.45, 7) is 3.75. The number of carbonyl (C=O) groups is 2. The number of carboxylic acid groups (broad SMARTS) is 1. The van der Waals surface area contributed by atoms with Gasteiger partial charge in [0.2, 0.25) is 5.91 Å². The van der Waals surface area contributed by atoms with Crippen LogP contribution in [0.3, 0.4) is 0 Å². The van der Waals surface area contributed by atoms with Crippen LogP contribution in [0.15, 0.2) is 28.8 Å². The smallest absolute Gasteiger partial charge is 0.303 e. The number of hydrogen-bond acceptors (Lipinski definition) is 5. The van der Waals surface area contributed by atoms with Crippen molar-refractivity contribution in [2.24, 2.45) is 0 Å². The zero-order chi connectivity index (χ0) is 17.5. The molecule has 24 heavy (non-hydrogen) atoms. The van der Waals surface area contributed by atoms with E-state index in [-0.39, 0.29) is 12.3 Å². The molecule has 0 bridgehead atoms. The zero-order valence-corrected chi connectivity index (χ0v) is 14.5.